The van der Waals surface area contributed by atoms with Gasteiger partial charge in [-0.05, 0) is 86.5 Å². The van der Waals surface area contributed by atoms with Gasteiger partial charge in [0.1, 0.15) is 0 Å². The summed E-state index contributed by atoms with van der Waals surface area (Å²) in [5.74, 6) is 1.17. The van der Waals surface area contributed by atoms with Gasteiger partial charge in [0.05, 0.1) is 6.10 Å². The van der Waals surface area contributed by atoms with E-state index in [0.717, 1.165) is 38.5 Å². The molecule has 2 aliphatic rings. The van der Waals surface area contributed by atoms with Crippen LogP contribution in [0.1, 0.15) is 47.6 Å². The summed E-state index contributed by atoms with van der Waals surface area (Å²) in [4.78, 5) is 9.16. The maximum atomic E-state index is 10.7. The van der Waals surface area contributed by atoms with Crippen LogP contribution in [0.3, 0.4) is 0 Å². The van der Waals surface area contributed by atoms with Crippen molar-refractivity contribution in [2.75, 3.05) is 26.2 Å². The Bertz CT molecular complexity index is 830. The number of aliphatic hydroxyl groups is 1. The van der Waals surface area contributed by atoms with Crippen molar-refractivity contribution in [1.82, 2.24) is 14.8 Å². The van der Waals surface area contributed by atoms with Gasteiger partial charge in [0, 0.05) is 44.5 Å². The van der Waals surface area contributed by atoms with Crippen LogP contribution in [0, 0.1) is 25.7 Å². The third-order valence-corrected chi connectivity index (χ3v) is 7.16. The third kappa shape index (κ3) is 5.29. The smallest absolute Gasteiger partial charge is 0.0710 e. The SMILES string of the molecule is Cc1cc(CN2CCC(C)CC2)c(C)c(CN2C[C@@H](Cc3ccncc3)[C@@H](O)C2)c1. The van der Waals surface area contributed by atoms with Gasteiger partial charge in [-0.2, -0.15) is 0 Å². The Morgan fingerprint density at radius 3 is 2.27 bits per heavy atom. The Balaban J connectivity index is 1.41. The van der Waals surface area contributed by atoms with E-state index in [0.29, 0.717) is 5.92 Å². The van der Waals surface area contributed by atoms with Crippen LogP contribution in [0.25, 0.3) is 0 Å². The number of rotatable bonds is 6. The zero-order chi connectivity index (χ0) is 21.1. The summed E-state index contributed by atoms with van der Waals surface area (Å²) in [6.45, 7) is 13.0. The molecule has 2 fully saturated rings. The van der Waals surface area contributed by atoms with Gasteiger partial charge in [-0.25, -0.2) is 0 Å². The largest absolute Gasteiger partial charge is 0.391 e. The quantitative estimate of drug-likeness (QED) is 0.787. The molecule has 4 rings (SSSR count). The normalized spacial score (nSPS) is 23.9. The van der Waals surface area contributed by atoms with Crippen molar-refractivity contribution >= 4 is 0 Å². The number of aromatic nitrogens is 1. The first-order valence-corrected chi connectivity index (χ1v) is 11.6. The number of β-amino-alcohol motifs (C(OH)–C–C–N with tert-alkyl or cyclic N) is 1. The van der Waals surface area contributed by atoms with E-state index in [1.807, 2.05) is 12.4 Å². The van der Waals surface area contributed by atoms with E-state index in [4.69, 9.17) is 0 Å². The van der Waals surface area contributed by atoms with E-state index >= 15 is 0 Å². The molecule has 162 valence electrons. The summed E-state index contributed by atoms with van der Waals surface area (Å²) in [7, 11) is 0. The van der Waals surface area contributed by atoms with E-state index in [-0.39, 0.29) is 6.10 Å². The Kier molecular flexibility index (Phi) is 6.87. The average molecular weight is 408 g/mol. The van der Waals surface area contributed by atoms with Crippen molar-refractivity contribution in [3.05, 3.63) is 64.5 Å². The highest BCUT2D eigenvalue weighted by atomic mass is 16.3. The van der Waals surface area contributed by atoms with Gasteiger partial charge in [0.25, 0.3) is 0 Å². The molecule has 2 aliphatic heterocycles. The molecular weight excluding hydrogens is 370 g/mol. The molecule has 1 N–H and O–H groups in total. The van der Waals surface area contributed by atoms with Crippen LogP contribution in [0.5, 0.6) is 0 Å². The summed E-state index contributed by atoms with van der Waals surface area (Å²) < 4.78 is 0. The molecule has 30 heavy (non-hydrogen) atoms. The molecular formula is C26H37N3O. The summed E-state index contributed by atoms with van der Waals surface area (Å²) >= 11 is 0. The number of piperidine rings is 1. The van der Waals surface area contributed by atoms with Crippen LogP contribution in [-0.2, 0) is 19.5 Å². The first-order chi connectivity index (χ1) is 14.5. The van der Waals surface area contributed by atoms with Crippen LogP contribution in [-0.4, -0.2) is 52.2 Å². The highest BCUT2D eigenvalue weighted by Gasteiger charge is 2.31. The molecule has 0 aliphatic carbocycles. The monoisotopic (exact) mass is 407 g/mol. The first kappa shape index (κ1) is 21.5. The van der Waals surface area contributed by atoms with Crippen LogP contribution >= 0.6 is 0 Å². The summed E-state index contributed by atoms with van der Waals surface area (Å²) in [6.07, 6.45) is 7.00. The summed E-state index contributed by atoms with van der Waals surface area (Å²) in [5, 5.41) is 10.7. The predicted octanol–water partition coefficient (Wildman–Crippen LogP) is 3.97. The number of benzene rings is 1. The van der Waals surface area contributed by atoms with Crippen molar-refractivity contribution in [3.63, 3.8) is 0 Å². The number of nitrogens with zero attached hydrogens (tertiary/aromatic N) is 3. The Morgan fingerprint density at radius 2 is 1.60 bits per heavy atom. The fourth-order valence-electron chi connectivity index (χ4n) is 5.14. The fourth-order valence-corrected chi connectivity index (χ4v) is 5.14. The van der Waals surface area contributed by atoms with Crippen molar-refractivity contribution in [2.24, 2.45) is 11.8 Å². The van der Waals surface area contributed by atoms with Crippen LogP contribution in [0.2, 0.25) is 0 Å². The van der Waals surface area contributed by atoms with Crippen molar-refractivity contribution < 1.29 is 5.11 Å². The van der Waals surface area contributed by atoms with Gasteiger partial charge in [-0.1, -0.05) is 24.6 Å². The van der Waals surface area contributed by atoms with E-state index in [1.165, 1.54) is 53.7 Å². The van der Waals surface area contributed by atoms with Gasteiger partial charge in [0.15, 0.2) is 0 Å². The third-order valence-electron chi connectivity index (χ3n) is 7.16. The molecule has 3 heterocycles. The van der Waals surface area contributed by atoms with Crippen LogP contribution < -0.4 is 0 Å². The minimum atomic E-state index is -0.252. The minimum absolute atomic E-state index is 0.252. The van der Waals surface area contributed by atoms with Gasteiger partial charge in [-0.3, -0.25) is 14.8 Å². The molecule has 4 heteroatoms. The predicted molar refractivity (Wildman–Crippen MR) is 122 cm³/mol. The van der Waals surface area contributed by atoms with Crippen LogP contribution in [0.15, 0.2) is 36.7 Å². The summed E-state index contributed by atoms with van der Waals surface area (Å²) in [5.41, 5.74) is 6.95. The molecule has 1 aromatic carbocycles. The lowest BCUT2D eigenvalue weighted by molar-refractivity contribution is 0.141. The molecule has 0 amide bonds. The van der Waals surface area contributed by atoms with Gasteiger partial charge >= 0.3 is 0 Å². The Labute approximate surface area is 181 Å². The average Bonchev–Trinajstić information content (AvgIpc) is 3.06. The minimum Gasteiger partial charge on any atom is -0.391 e. The zero-order valence-corrected chi connectivity index (χ0v) is 18.8. The topological polar surface area (TPSA) is 39.6 Å². The lowest BCUT2D eigenvalue weighted by Gasteiger charge is -2.31. The fraction of sp³-hybridized carbons (Fsp3) is 0.577. The number of pyridine rings is 1. The number of hydrogen-bond donors (Lipinski definition) is 1. The van der Waals surface area contributed by atoms with Gasteiger partial charge < -0.3 is 5.11 Å². The summed E-state index contributed by atoms with van der Waals surface area (Å²) in [6, 6.07) is 8.85. The van der Waals surface area contributed by atoms with E-state index in [9.17, 15) is 5.11 Å². The van der Waals surface area contributed by atoms with Crippen molar-refractivity contribution in [1.29, 1.82) is 0 Å². The maximum absolute atomic E-state index is 10.7. The second kappa shape index (κ2) is 9.59. The van der Waals surface area contributed by atoms with E-state index < -0.39 is 0 Å². The van der Waals surface area contributed by atoms with Gasteiger partial charge in [-0.15, -0.1) is 0 Å². The molecule has 1 aromatic heterocycles. The number of aliphatic hydroxyl groups excluding tert-OH is 1. The molecule has 2 atom stereocenters. The zero-order valence-electron chi connectivity index (χ0n) is 18.8. The molecule has 0 bridgehead atoms. The Morgan fingerprint density at radius 1 is 0.967 bits per heavy atom. The highest BCUT2D eigenvalue weighted by Crippen LogP contribution is 2.27. The van der Waals surface area contributed by atoms with Crippen molar-refractivity contribution in [2.45, 2.75) is 59.2 Å². The second-order valence-electron chi connectivity index (χ2n) is 9.75. The van der Waals surface area contributed by atoms with Crippen molar-refractivity contribution in [3.8, 4) is 0 Å². The Hall–Kier alpha value is -1.75. The van der Waals surface area contributed by atoms with E-state index in [1.54, 1.807) is 0 Å². The first-order valence-electron chi connectivity index (χ1n) is 11.6. The lowest BCUT2D eigenvalue weighted by Crippen LogP contribution is -2.32. The second-order valence-corrected chi connectivity index (χ2v) is 9.75. The number of hydrogen-bond acceptors (Lipinski definition) is 4. The molecule has 2 saturated heterocycles. The molecule has 0 spiro atoms. The maximum Gasteiger partial charge on any atom is 0.0710 e. The molecule has 0 radical (unpaired) electrons. The van der Waals surface area contributed by atoms with E-state index in [2.05, 4.69) is 59.8 Å². The molecule has 0 unspecified atom stereocenters. The highest BCUT2D eigenvalue weighted by molar-refractivity contribution is 5.38. The lowest BCUT2D eigenvalue weighted by atomic mass is 9.95. The molecule has 2 aromatic rings. The standard InChI is InChI=1S/C26H37N3O/c1-19-6-10-28(11-7-19)15-23-12-20(2)13-24(21(23)3)16-29-17-25(26(30)18-29)14-22-4-8-27-9-5-22/h4-5,8-9,12-13,19,25-26,30H,6-7,10-11,14-18H2,1-3H3/t25-,26+/m1/s1. The number of likely N-dealkylation sites (tertiary alicyclic amines) is 2. The van der Waals surface area contributed by atoms with Crippen LogP contribution in [0.4, 0.5) is 0 Å². The van der Waals surface area contributed by atoms with Gasteiger partial charge in [0.2, 0.25) is 0 Å². The molecule has 0 saturated carbocycles. The number of aryl methyl sites for hydroxylation is 1. The molecule has 4 nitrogen and oxygen atoms in total.